The van der Waals surface area contributed by atoms with Crippen molar-refractivity contribution in [3.8, 4) is 11.5 Å². The second-order valence-corrected chi connectivity index (χ2v) is 5.21. The predicted molar refractivity (Wildman–Crippen MR) is 81.7 cm³/mol. The maximum Gasteiger partial charge on any atom is 0.141 e. The first-order valence-corrected chi connectivity index (χ1v) is 6.94. The van der Waals surface area contributed by atoms with Crippen LogP contribution in [-0.4, -0.2) is 11.7 Å². The molecule has 2 aromatic carbocycles. The normalized spacial score (nSPS) is 10.6. The van der Waals surface area contributed by atoms with Gasteiger partial charge in [0.05, 0.1) is 5.02 Å². The van der Waals surface area contributed by atoms with E-state index in [0.717, 1.165) is 11.1 Å². The minimum atomic E-state index is 0.224. The minimum Gasteiger partial charge on any atom is -0.508 e. The number of halogens is 2. The summed E-state index contributed by atoms with van der Waals surface area (Å²) in [7, 11) is 0. The Morgan fingerprint density at radius 1 is 1.10 bits per heavy atom. The van der Waals surface area contributed by atoms with Gasteiger partial charge in [-0.3, -0.25) is 0 Å². The van der Waals surface area contributed by atoms with Crippen LogP contribution in [0.15, 0.2) is 36.4 Å². The van der Waals surface area contributed by atoms with E-state index in [1.165, 1.54) is 0 Å². The lowest BCUT2D eigenvalue weighted by Crippen LogP contribution is -2.06. The van der Waals surface area contributed by atoms with E-state index >= 15 is 0 Å². The fraction of sp³-hybridized carbons (Fsp3) is 0.200. The Bertz CT molecular complexity index is 585. The molecule has 0 radical (unpaired) electrons. The molecular weight excluding hydrogens is 297 g/mol. The summed E-state index contributed by atoms with van der Waals surface area (Å²) in [6.45, 7) is 0.853. The van der Waals surface area contributed by atoms with Crippen molar-refractivity contribution in [2.45, 2.75) is 13.0 Å². The summed E-state index contributed by atoms with van der Waals surface area (Å²) in [6, 6.07) is 10.3. The summed E-state index contributed by atoms with van der Waals surface area (Å²) >= 11 is 12.2. The molecule has 5 heteroatoms. The van der Waals surface area contributed by atoms with Crippen molar-refractivity contribution in [1.29, 1.82) is 0 Å². The molecule has 0 heterocycles. The summed E-state index contributed by atoms with van der Waals surface area (Å²) in [6.07, 6.45) is 0.644. The number of ether oxygens (including phenoxy) is 1. The van der Waals surface area contributed by atoms with Gasteiger partial charge in [-0.1, -0.05) is 35.3 Å². The van der Waals surface area contributed by atoms with Crippen molar-refractivity contribution in [3.63, 3.8) is 0 Å². The molecular formula is C15H15Cl2NO2. The third kappa shape index (κ3) is 3.79. The molecule has 0 bridgehead atoms. The monoisotopic (exact) mass is 311 g/mol. The lowest BCUT2D eigenvalue weighted by Gasteiger charge is -2.13. The van der Waals surface area contributed by atoms with Crippen LogP contribution in [0.5, 0.6) is 11.5 Å². The fourth-order valence-electron chi connectivity index (χ4n) is 1.86. The average Bonchev–Trinajstić information content (AvgIpc) is 2.40. The molecule has 0 spiro atoms. The molecule has 106 valence electrons. The van der Waals surface area contributed by atoms with Gasteiger partial charge in [-0.2, -0.15) is 0 Å². The molecule has 0 amide bonds. The zero-order valence-electron chi connectivity index (χ0n) is 10.8. The first-order valence-electron chi connectivity index (χ1n) is 6.19. The second-order valence-electron chi connectivity index (χ2n) is 4.37. The van der Waals surface area contributed by atoms with Gasteiger partial charge in [-0.25, -0.2) is 0 Å². The van der Waals surface area contributed by atoms with Crippen molar-refractivity contribution in [1.82, 2.24) is 0 Å². The van der Waals surface area contributed by atoms with E-state index in [4.69, 9.17) is 33.7 Å². The van der Waals surface area contributed by atoms with E-state index in [1.54, 1.807) is 30.3 Å². The summed E-state index contributed by atoms with van der Waals surface area (Å²) in [5, 5.41) is 10.3. The van der Waals surface area contributed by atoms with E-state index < -0.39 is 0 Å². The molecule has 0 aliphatic carbocycles. The molecule has 0 aliphatic rings. The van der Waals surface area contributed by atoms with Crippen molar-refractivity contribution in [2.75, 3.05) is 6.54 Å². The number of aromatic hydroxyl groups is 1. The van der Waals surface area contributed by atoms with Crippen molar-refractivity contribution in [2.24, 2.45) is 5.73 Å². The standard InChI is InChI=1S/C15H15Cl2NO2/c16-12-7-11(5-6-18)15(14(17)8-12)20-9-10-1-3-13(19)4-2-10/h1-4,7-8,19H,5-6,9,18H2. The number of phenolic OH excluding ortho intramolecular Hbond substituents is 1. The maximum absolute atomic E-state index is 9.24. The highest BCUT2D eigenvalue weighted by atomic mass is 35.5. The molecule has 2 aromatic rings. The van der Waals surface area contributed by atoms with Gasteiger partial charge in [0.15, 0.2) is 0 Å². The summed E-state index contributed by atoms with van der Waals surface area (Å²) < 4.78 is 5.77. The van der Waals surface area contributed by atoms with E-state index in [2.05, 4.69) is 0 Å². The summed E-state index contributed by atoms with van der Waals surface area (Å²) in [5.41, 5.74) is 7.41. The number of rotatable bonds is 5. The number of phenols is 1. The van der Waals surface area contributed by atoms with E-state index in [-0.39, 0.29) is 5.75 Å². The number of hydrogen-bond donors (Lipinski definition) is 2. The smallest absolute Gasteiger partial charge is 0.141 e. The number of benzene rings is 2. The van der Waals surface area contributed by atoms with Gasteiger partial charge in [-0.05, 0) is 48.4 Å². The number of hydrogen-bond acceptors (Lipinski definition) is 3. The maximum atomic E-state index is 9.24. The van der Waals surface area contributed by atoms with E-state index in [9.17, 15) is 5.11 Å². The molecule has 2 rings (SSSR count). The van der Waals surface area contributed by atoms with Crippen LogP contribution in [0.25, 0.3) is 0 Å². The first-order chi connectivity index (χ1) is 9.60. The highest BCUT2D eigenvalue weighted by molar-refractivity contribution is 6.35. The summed E-state index contributed by atoms with van der Waals surface area (Å²) in [4.78, 5) is 0. The van der Waals surface area contributed by atoms with Crippen LogP contribution < -0.4 is 10.5 Å². The van der Waals surface area contributed by atoms with Gasteiger partial charge >= 0.3 is 0 Å². The third-order valence-corrected chi connectivity index (χ3v) is 3.32. The minimum absolute atomic E-state index is 0.224. The molecule has 3 nitrogen and oxygen atoms in total. The lowest BCUT2D eigenvalue weighted by molar-refractivity contribution is 0.303. The van der Waals surface area contributed by atoms with Gasteiger partial charge in [0.2, 0.25) is 0 Å². The Hall–Kier alpha value is -1.42. The van der Waals surface area contributed by atoms with Gasteiger partial charge in [-0.15, -0.1) is 0 Å². The van der Waals surface area contributed by atoms with Crippen LogP contribution in [-0.2, 0) is 13.0 Å². The second kappa shape index (κ2) is 6.84. The van der Waals surface area contributed by atoms with Crippen molar-refractivity contribution < 1.29 is 9.84 Å². The Morgan fingerprint density at radius 3 is 2.45 bits per heavy atom. The van der Waals surface area contributed by atoms with Crippen LogP contribution in [0.4, 0.5) is 0 Å². The highest BCUT2D eigenvalue weighted by Crippen LogP contribution is 2.33. The molecule has 0 unspecified atom stereocenters. The topological polar surface area (TPSA) is 55.5 Å². The SMILES string of the molecule is NCCc1cc(Cl)cc(Cl)c1OCc1ccc(O)cc1. The van der Waals surface area contributed by atoms with Crippen molar-refractivity contribution >= 4 is 23.2 Å². The molecule has 0 saturated carbocycles. The molecule has 0 saturated heterocycles. The van der Waals surface area contributed by atoms with Gasteiger partial charge in [0.25, 0.3) is 0 Å². The molecule has 0 atom stereocenters. The van der Waals surface area contributed by atoms with Crippen LogP contribution >= 0.6 is 23.2 Å². The predicted octanol–water partition coefficient (Wildman–Crippen LogP) is 3.78. The Balaban J connectivity index is 2.17. The average molecular weight is 312 g/mol. The van der Waals surface area contributed by atoms with Crippen LogP contribution in [0.3, 0.4) is 0 Å². The highest BCUT2D eigenvalue weighted by Gasteiger charge is 2.10. The number of nitrogens with two attached hydrogens (primary N) is 1. The van der Waals surface area contributed by atoms with Crippen LogP contribution in [0, 0.1) is 0 Å². The van der Waals surface area contributed by atoms with Crippen molar-refractivity contribution in [3.05, 3.63) is 57.6 Å². The zero-order valence-corrected chi connectivity index (χ0v) is 12.3. The van der Waals surface area contributed by atoms with Crippen LogP contribution in [0.2, 0.25) is 10.0 Å². The third-order valence-electron chi connectivity index (χ3n) is 2.82. The molecule has 20 heavy (non-hydrogen) atoms. The largest absolute Gasteiger partial charge is 0.508 e. The molecule has 0 aromatic heterocycles. The fourth-order valence-corrected chi connectivity index (χ4v) is 2.45. The Labute approximate surface area is 127 Å². The van der Waals surface area contributed by atoms with E-state index in [0.29, 0.717) is 35.4 Å². The van der Waals surface area contributed by atoms with E-state index in [1.807, 2.05) is 6.07 Å². The molecule has 0 fully saturated rings. The molecule has 0 aliphatic heterocycles. The van der Waals surface area contributed by atoms with Crippen LogP contribution in [0.1, 0.15) is 11.1 Å². The van der Waals surface area contributed by atoms with Gasteiger partial charge < -0.3 is 15.6 Å². The van der Waals surface area contributed by atoms with Gasteiger partial charge in [0.1, 0.15) is 18.1 Å². The Kier molecular flexibility index (Phi) is 5.12. The lowest BCUT2D eigenvalue weighted by atomic mass is 10.1. The quantitative estimate of drug-likeness (QED) is 0.883. The van der Waals surface area contributed by atoms with Gasteiger partial charge in [0, 0.05) is 5.02 Å². The molecule has 3 N–H and O–H groups in total. The Morgan fingerprint density at radius 2 is 1.80 bits per heavy atom. The summed E-state index contributed by atoms with van der Waals surface area (Å²) in [5.74, 6) is 0.830. The zero-order chi connectivity index (χ0) is 14.5. The first kappa shape index (κ1) is 15.0.